The van der Waals surface area contributed by atoms with Crippen LogP contribution >= 0.6 is 23.2 Å². The zero-order valence-electron chi connectivity index (χ0n) is 16.5. The summed E-state index contributed by atoms with van der Waals surface area (Å²) in [4.78, 5) is 25.3. The number of benzene rings is 2. The van der Waals surface area contributed by atoms with Gasteiger partial charge in [-0.15, -0.1) is 0 Å². The molecule has 0 saturated carbocycles. The first kappa shape index (κ1) is 23.2. The van der Waals surface area contributed by atoms with Crippen LogP contribution in [0.3, 0.4) is 0 Å². The molecule has 6 nitrogen and oxygen atoms in total. The van der Waals surface area contributed by atoms with Gasteiger partial charge in [0.1, 0.15) is 23.5 Å². The number of hydrogen-bond acceptors (Lipinski definition) is 4. The molecule has 11 heteroatoms. The Bertz CT molecular complexity index is 1220. The summed E-state index contributed by atoms with van der Waals surface area (Å²) in [6.45, 7) is 0. The molecule has 3 aromatic rings. The predicted molar refractivity (Wildman–Crippen MR) is 114 cm³/mol. The van der Waals surface area contributed by atoms with Gasteiger partial charge in [0.05, 0.1) is 10.0 Å². The second-order valence-electron chi connectivity index (χ2n) is 7.38. The molecule has 0 unspecified atom stereocenters. The first-order chi connectivity index (χ1) is 15.5. The number of aliphatic hydroxyl groups is 1. The SMILES string of the molecule is O=C1N[C@@H](c2ccc(-c3ccc(Cl)c(Cl)c3)o2)[C@@H](C(=O)c2ccccc2)[C@](O)(C(F)(F)F)N1. The highest BCUT2D eigenvalue weighted by Gasteiger charge is 2.66. The van der Waals surface area contributed by atoms with Crippen LogP contribution in [0.5, 0.6) is 0 Å². The molecule has 1 saturated heterocycles. The Labute approximate surface area is 195 Å². The quantitative estimate of drug-likeness (QED) is 0.422. The summed E-state index contributed by atoms with van der Waals surface area (Å²) in [5, 5.41) is 14.9. The molecule has 3 N–H and O–H groups in total. The Morgan fingerprint density at radius 1 is 1.03 bits per heavy atom. The number of amides is 2. The Hall–Kier alpha value is -3.01. The largest absolute Gasteiger partial charge is 0.459 e. The van der Waals surface area contributed by atoms with Gasteiger partial charge in [0.2, 0.25) is 5.72 Å². The van der Waals surface area contributed by atoms with Crippen molar-refractivity contribution in [3.05, 3.63) is 82.0 Å². The fraction of sp³-hybridized carbons (Fsp3) is 0.182. The van der Waals surface area contributed by atoms with Gasteiger partial charge in [-0.3, -0.25) is 4.79 Å². The number of Topliss-reactive ketones (excluding diaryl/α,β-unsaturated/α-hetero) is 1. The number of rotatable bonds is 4. The van der Waals surface area contributed by atoms with Gasteiger partial charge < -0.3 is 20.2 Å². The van der Waals surface area contributed by atoms with Crippen LogP contribution in [-0.2, 0) is 0 Å². The predicted octanol–water partition coefficient (Wildman–Crippen LogP) is 5.36. The van der Waals surface area contributed by atoms with Crippen molar-refractivity contribution in [3.8, 4) is 11.3 Å². The fourth-order valence-corrected chi connectivity index (χ4v) is 3.98. The third-order valence-corrected chi connectivity index (χ3v) is 6.02. The monoisotopic (exact) mass is 498 g/mol. The summed E-state index contributed by atoms with van der Waals surface area (Å²) < 4.78 is 47.6. The average molecular weight is 499 g/mol. The molecule has 1 aliphatic rings. The standard InChI is InChI=1S/C22H15Cl2F3N2O4/c23-13-7-6-12(10-14(13)24)15-8-9-16(33-15)18-17(19(30)11-4-2-1-3-5-11)21(32,22(25,26)27)29-20(31)28-18/h1-10,17-18,32H,(H2,28,29,31)/t17-,18-,21-/m0/s1. The molecule has 3 atom stereocenters. The second kappa shape index (κ2) is 8.40. The van der Waals surface area contributed by atoms with E-state index in [1.165, 1.54) is 53.8 Å². The van der Waals surface area contributed by atoms with E-state index in [1.54, 1.807) is 12.1 Å². The average Bonchev–Trinajstić information content (AvgIpc) is 3.25. The molecule has 2 amide bonds. The lowest BCUT2D eigenvalue weighted by molar-refractivity contribution is -0.288. The first-order valence-corrected chi connectivity index (χ1v) is 10.3. The number of halogens is 5. The normalized spacial score (nSPS) is 23.0. The fourth-order valence-electron chi connectivity index (χ4n) is 3.68. The number of carbonyl (C=O) groups excluding carboxylic acids is 2. The maximum absolute atomic E-state index is 14.0. The van der Waals surface area contributed by atoms with Gasteiger partial charge in [-0.05, 0) is 30.3 Å². The molecule has 0 aliphatic carbocycles. The van der Waals surface area contributed by atoms with E-state index in [-0.39, 0.29) is 22.1 Å². The van der Waals surface area contributed by atoms with Crippen LogP contribution in [0.4, 0.5) is 18.0 Å². The van der Waals surface area contributed by atoms with Crippen LogP contribution in [0, 0.1) is 5.92 Å². The number of furan rings is 1. The maximum Gasteiger partial charge on any atom is 0.437 e. The lowest BCUT2D eigenvalue weighted by atomic mass is 9.79. The molecular weight excluding hydrogens is 484 g/mol. The van der Waals surface area contributed by atoms with Crippen molar-refractivity contribution in [2.75, 3.05) is 0 Å². The highest BCUT2D eigenvalue weighted by atomic mass is 35.5. The van der Waals surface area contributed by atoms with Gasteiger partial charge in [0, 0.05) is 11.1 Å². The second-order valence-corrected chi connectivity index (χ2v) is 8.19. The van der Waals surface area contributed by atoms with Crippen molar-refractivity contribution in [1.29, 1.82) is 0 Å². The third kappa shape index (κ3) is 4.19. The van der Waals surface area contributed by atoms with E-state index in [0.717, 1.165) is 0 Å². The van der Waals surface area contributed by atoms with E-state index in [4.69, 9.17) is 27.6 Å². The summed E-state index contributed by atoms with van der Waals surface area (Å²) in [6, 6.07) is 11.6. The molecule has 2 aromatic carbocycles. The van der Waals surface area contributed by atoms with E-state index in [1.807, 2.05) is 0 Å². The number of alkyl halides is 3. The zero-order chi connectivity index (χ0) is 24.0. The molecular formula is C22H15Cl2F3N2O4. The van der Waals surface area contributed by atoms with Gasteiger partial charge in [0.25, 0.3) is 0 Å². The van der Waals surface area contributed by atoms with Gasteiger partial charge >= 0.3 is 12.2 Å². The number of hydrogen-bond donors (Lipinski definition) is 3. The van der Waals surface area contributed by atoms with Crippen LogP contribution in [0.15, 0.2) is 65.1 Å². The minimum atomic E-state index is -5.36. The summed E-state index contributed by atoms with van der Waals surface area (Å²) >= 11 is 11.9. The molecule has 0 bridgehead atoms. The molecule has 4 rings (SSSR count). The summed E-state index contributed by atoms with van der Waals surface area (Å²) in [5.41, 5.74) is -3.46. The summed E-state index contributed by atoms with van der Waals surface area (Å²) in [6.07, 6.45) is -5.36. The van der Waals surface area contributed by atoms with Crippen molar-refractivity contribution < 1.29 is 32.3 Å². The van der Waals surface area contributed by atoms with Crippen LogP contribution in [0.1, 0.15) is 22.2 Å². The van der Waals surface area contributed by atoms with Crippen LogP contribution < -0.4 is 10.6 Å². The summed E-state index contributed by atoms with van der Waals surface area (Å²) in [7, 11) is 0. The lowest BCUT2D eigenvalue weighted by Gasteiger charge is -2.44. The highest BCUT2D eigenvalue weighted by molar-refractivity contribution is 6.42. The van der Waals surface area contributed by atoms with Gasteiger partial charge in [-0.2, -0.15) is 13.2 Å². The van der Waals surface area contributed by atoms with Crippen molar-refractivity contribution in [3.63, 3.8) is 0 Å². The van der Waals surface area contributed by atoms with Crippen LogP contribution in [-0.4, -0.2) is 28.8 Å². The Morgan fingerprint density at radius 2 is 1.73 bits per heavy atom. The number of nitrogens with one attached hydrogen (secondary N) is 2. The number of urea groups is 1. The molecule has 1 aliphatic heterocycles. The maximum atomic E-state index is 14.0. The highest BCUT2D eigenvalue weighted by Crippen LogP contribution is 2.44. The molecule has 2 heterocycles. The topological polar surface area (TPSA) is 91.6 Å². The first-order valence-electron chi connectivity index (χ1n) is 9.53. The molecule has 1 fully saturated rings. The lowest BCUT2D eigenvalue weighted by Crippen LogP contribution is -2.72. The van der Waals surface area contributed by atoms with Crippen LogP contribution in [0.25, 0.3) is 11.3 Å². The molecule has 0 spiro atoms. The van der Waals surface area contributed by atoms with E-state index in [0.29, 0.717) is 10.6 Å². The van der Waals surface area contributed by atoms with Crippen LogP contribution in [0.2, 0.25) is 10.0 Å². The van der Waals surface area contributed by atoms with Crippen molar-refractivity contribution in [2.24, 2.45) is 5.92 Å². The molecule has 1 aromatic heterocycles. The smallest absolute Gasteiger partial charge is 0.437 e. The minimum Gasteiger partial charge on any atom is -0.459 e. The van der Waals surface area contributed by atoms with E-state index >= 15 is 0 Å². The van der Waals surface area contributed by atoms with E-state index in [2.05, 4.69) is 5.32 Å². The number of ketones is 1. The molecule has 33 heavy (non-hydrogen) atoms. The third-order valence-electron chi connectivity index (χ3n) is 5.28. The van der Waals surface area contributed by atoms with Gasteiger partial charge in [-0.25, -0.2) is 4.79 Å². The van der Waals surface area contributed by atoms with E-state index in [9.17, 15) is 27.9 Å². The van der Waals surface area contributed by atoms with E-state index < -0.39 is 35.7 Å². The molecule has 172 valence electrons. The number of carbonyl (C=O) groups is 2. The Kier molecular flexibility index (Phi) is 5.90. The minimum absolute atomic E-state index is 0.0793. The molecule has 0 radical (unpaired) electrons. The van der Waals surface area contributed by atoms with Crippen molar-refractivity contribution in [1.82, 2.24) is 10.6 Å². The van der Waals surface area contributed by atoms with Crippen molar-refractivity contribution >= 4 is 35.0 Å². The van der Waals surface area contributed by atoms with Gasteiger partial charge in [0.15, 0.2) is 5.78 Å². The Morgan fingerprint density at radius 3 is 2.36 bits per heavy atom. The van der Waals surface area contributed by atoms with Crippen molar-refractivity contribution in [2.45, 2.75) is 17.9 Å². The zero-order valence-corrected chi connectivity index (χ0v) is 18.0. The summed E-state index contributed by atoms with van der Waals surface area (Å²) in [5.74, 6) is -3.19. The Balaban J connectivity index is 1.81. The van der Waals surface area contributed by atoms with Gasteiger partial charge in [-0.1, -0.05) is 53.5 Å².